The number of nitriles is 1. The molecule has 2 N–H and O–H groups in total. The Morgan fingerprint density at radius 1 is 1.23 bits per heavy atom. The van der Waals surface area contributed by atoms with Crippen molar-refractivity contribution in [3.8, 4) is 23.5 Å². The fourth-order valence-electron chi connectivity index (χ4n) is 1.97. The number of aromatic nitrogens is 4. The highest BCUT2D eigenvalue weighted by Gasteiger charge is 2.14. The Bertz CT molecular complexity index is 850. The van der Waals surface area contributed by atoms with Gasteiger partial charge in [-0.25, -0.2) is 9.97 Å². The lowest BCUT2D eigenvalue weighted by Crippen LogP contribution is -2.05. The van der Waals surface area contributed by atoms with E-state index < -0.39 is 0 Å². The van der Waals surface area contributed by atoms with Gasteiger partial charge in [0.25, 0.3) is 0 Å². The standard InChI is InChI=1S/C15H12N6O/c1-10-12(8-16)15(17)21(20-10)13-7-14(19-9-18-13)22-11-5-3-2-4-6-11/h2-7,9H,17H2,1H3. The van der Waals surface area contributed by atoms with Crippen LogP contribution >= 0.6 is 0 Å². The second kappa shape index (κ2) is 5.54. The molecule has 0 spiro atoms. The summed E-state index contributed by atoms with van der Waals surface area (Å²) in [6.45, 7) is 1.72. The number of ether oxygens (including phenoxy) is 1. The van der Waals surface area contributed by atoms with Gasteiger partial charge in [0.2, 0.25) is 5.88 Å². The molecule has 108 valence electrons. The maximum absolute atomic E-state index is 9.07. The topological polar surface area (TPSA) is 103 Å². The van der Waals surface area contributed by atoms with Crippen LogP contribution in [0, 0.1) is 18.3 Å². The van der Waals surface area contributed by atoms with Crippen molar-refractivity contribution in [2.24, 2.45) is 0 Å². The number of hydrogen-bond donors (Lipinski definition) is 1. The lowest BCUT2D eigenvalue weighted by atomic mass is 10.3. The first kappa shape index (κ1) is 13.6. The summed E-state index contributed by atoms with van der Waals surface area (Å²) in [6, 6.07) is 12.9. The molecule has 1 aromatic carbocycles. The molecule has 3 rings (SSSR count). The molecule has 7 nitrogen and oxygen atoms in total. The molecule has 0 unspecified atom stereocenters. The van der Waals surface area contributed by atoms with Gasteiger partial charge in [-0.3, -0.25) is 0 Å². The van der Waals surface area contributed by atoms with Gasteiger partial charge in [0.15, 0.2) is 5.82 Å². The third-order valence-corrected chi connectivity index (χ3v) is 3.02. The fourth-order valence-corrected chi connectivity index (χ4v) is 1.97. The largest absolute Gasteiger partial charge is 0.439 e. The average Bonchev–Trinajstić information content (AvgIpc) is 2.83. The molecule has 0 fully saturated rings. The summed E-state index contributed by atoms with van der Waals surface area (Å²) in [4.78, 5) is 8.18. The second-order valence-electron chi connectivity index (χ2n) is 4.50. The van der Waals surface area contributed by atoms with E-state index in [1.165, 1.54) is 11.0 Å². The Balaban J connectivity index is 1.97. The number of para-hydroxylation sites is 1. The van der Waals surface area contributed by atoms with Crippen LogP contribution in [0.1, 0.15) is 11.3 Å². The van der Waals surface area contributed by atoms with Gasteiger partial charge in [0.05, 0.1) is 5.69 Å². The molecule has 0 atom stereocenters. The molecule has 0 bridgehead atoms. The zero-order valence-corrected chi connectivity index (χ0v) is 11.8. The molecule has 0 amide bonds. The van der Waals surface area contributed by atoms with Gasteiger partial charge in [-0.15, -0.1) is 0 Å². The summed E-state index contributed by atoms with van der Waals surface area (Å²) in [5.41, 5.74) is 6.81. The van der Waals surface area contributed by atoms with E-state index >= 15 is 0 Å². The summed E-state index contributed by atoms with van der Waals surface area (Å²) < 4.78 is 7.04. The van der Waals surface area contributed by atoms with E-state index in [1.54, 1.807) is 13.0 Å². The van der Waals surface area contributed by atoms with Crippen molar-refractivity contribution in [3.05, 3.63) is 54.0 Å². The molecule has 22 heavy (non-hydrogen) atoms. The highest BCUT2D eigenvalue weighted by atomic mass is 16.5. The number of nitrogens with two attached hydrogens (primary N) is 1. The van der Waals surface area contributed by atoms with Gasteiger partial charge in [0, 0.05) is 6.07 Å². The van der Waals surface area contributed by atoms with Crippen LogP contribution in [0.5, 0.6) is 11.6 Å². The van der Waals surface area contributed by atoms with E-state index in [4.69, 9.17) is 15.7 Å². The van der Waals surface area contributed by atoms with Crippen molar-refractivity contribution >= 4 is 5.82 Å². The molecule has 0 aliphatic carbocycles. The monoisotopic (exact) mass is 292 g/mol. The first-order valence-electron chi connectivity index (χ1n) is 6.49. The third-order valence-electron chi connectivity index (χ3n) is 3.02. The van der Waals surface area contributed by atoms with Gasteiger partial charge in [-0.05, 0) is 19.1 Å². The average molecular weight is 292 g/mol. The molecule has 2 aromatic heterocycles. The lowest BCUT2D eigenvalue weighted by molar-refractivity contribution is 0.460. The molecule has 0 radical (unpaired) electrons. The normalized spacial score (nSPS) is 10.2. The molecular weight excluding hydrogens is 280 g/mol. The van der Waals surface area contributed by atoms with Crippen LogP contribution < -0.4 is 10.5 Å². The maximum atomic E-state index is 9.07. The highest BCUT2D eigenvalue weighted by molar-refractivity contribution is 5.55. The minimum absolute atomic E-state index is 0.240. The predicted molar refractivity (Wildman–Crippen MR) is 79.5 cm³/mol. The lowest BCUT2D eigenvalue weighted by Gasteiger charge is -2.06. The van der Waals surface area contributed by atoms with Crippen LogP contribution in [0.25, 0.3) is 5.82 Å². The number of hydrogen-bond acceptors (Lipinski definition) is 6. The Morgan fingerprint density at radius 3 is 2.68 bits per heavy atom. The van der Waals surface area contributed by atoms with Crippen LogP contribution in [0.3, 0.4) is 0 Å². The van der Waals surface area contributed by atoms with Gasteiger partial charge in [0.1, 0.15) is 29.5 Å². The first-order chi connectivity index (χ1) is 10.7. The number of benzene rings is 1. The zero-order chi connectivity index (χ0) is 15.5. The summed E-state index contributed by atoms with van der Waals surface area (Å²) in [7, 11) is 0. The molecule has 7 heteroatoms. The number of aryl methyl sites for hydroxylation is 1. The number of anilines is 1. The SMILES string of the molecule is Cc1nn(-c2cc(Oc3ccccc3)ncn2)c(N)c1C#N. The van der Waals surface area contributed by atoms with Crippen LogP contribution in [-0.4, -0.2) is 19.7 Å². The van der Waals surface area contributed by atoms with Crippen molar-refractivity contribution in [2.45, 2.75) is 6.92 Å². The van der Waals surface area contributed by atoms with E-state index in [-0.39, 0.29) is 5.82 Å². The Hall–Kier alpha value is -3.40. The van der Waals surface area contributed by atoms with Gasteiger partial charge >= 0.3 is 0 Å². The number of nitrogen functional groups attached to an aromatic ring is 1. The van der Waals surface area contributed by atoms with Gasteiger partial charge < -0.3 is 10.5 Å². The smallest absolute Gasteiger partial charge is 0.224 e. The minimum Gasteiger partial charge on any atom is -0.439 e. The van der Waals surface area contributed by atoms with Crippen LogP contribution in [-0.2, 0) is 0 Å². The van der Waals surface area contributed by atoms with Gasteiger partial charge in [-0.1, -0.05) is 18.2 Å². The maximum Gasteiger partial charge on any atom is 0.224 e. The van der Waals surface area contributed by atoms with E-state index in [2.05, 4.69) is 15.1 Å². The molecule has 0 saturated heterocycles. The fraction of sp³-hybridized carbons (Fsp3) is 0.0667. The first-order valence-corrected chi connectivity index (χ1v) is 6.49. The van der Waals surface area contributed by atoms with E-state index in [0.29, 0.717) is 28.7 Å². The molecule has 0 aliphatic rings. The van der Waals surface area contributed by atoms with E-state index in [9.17, 15) is 0 Å². The highest BCUT2D eigenvalue weighted by Crippen LogP contribution is 2.22. The van der Waals surface area contributed by atoms with E-state index in [0.717, 1.165) is 0 Å². The predicted octanol–water partition coefficient (Wildman–Crippen LogP) is 2.22. The van der Waals surface area contributed by atoms with Crippen molar-refractivity contribution in [2.75, 3.05) is 5.73 Å². The minimum atomic E-state index is 0.240. The number of rotatable bonds is 3. The van der Waals surface area contributed by atoms with Crippen molar-refractivity contribution < 1.29 is 4.74 Å². The second-order valence-corrected chi connectivity index (χ2v) is 4.50. The molecule has 0 aliphatic heterocycles. The van der Waals surface area contributed by atoms with Crippen molar-refractivity contribution in [3.63, 3.8) is 0 Å². The van der Waals surface area contributed by atoms with Crippen LogP contribution in [0.15, 0.2) is 42.7 Å². The summed E-state index contributed by atoms with van der Waals surface area (Å²) in [5, 5.41) is 13.3. The van der Waals surface area contributed by atoms with Crippen molar-refractivity contribution in [1.29, 1.82) is 5.26 Å². The molecule has 2 heterocycles. The molecule has 3 aromatic rings. The summed E-state index contributed by atoms with van der Waals surface area (Å²) in [6.07, 6.45) is 1.36. The molecular formula is C15H12N6O. The molecule has 0 saturated carbocycles. The van der Waals surface area contributed by atoms with Crippen LogP contribution in [0.4, 0.5) is 5.82 Å². The quantitative estimate of drug-likeness (QED) is 0.794. The third kappa shape index (κ3) is 2.45. The number of nitrogens with zero attached hydrogens (tertiary/aromatic N) is 5. The zero-order valence-electron chi connectivity index (χ0n) is 11.8. The summed E-state index contributed by atoms with van der Waals surface area (Å²) >= 11 is 0. The van der Waals surface area contributed by atoms with E-state index in [1.807, 2.05) is 36.4 Å². The Labute approximate surface area is 126 Å². The van der Waals surface area contributed by atoms with Gasteiger partial charge in [-0.2, -0.15) is 15.0 Å². The Morgan fingerprint density at radius 2 is 2.00 bits per heavy atom. The van der Waals surface area contributed by atoms with Crippen LogP contribution in [0.2, 0.25) is 0 Å². The van der Waals surface area contributed by atoms with Crippen molar-refractivity contribution in [1.82, 2.24) is 19.7 Å². The summed E-state index contributed by atoms with van der Waals surface area (Å²) in [5.74, 6) is 1.70. The Kier molecular flexibility index (Phi) is 3.42.